The molecule has 0 saturated heterocycles. The lowest BCUT2D eigenvalue weighted by Gasteiger charge is -2.12. The third-order valence-corrected chi connectivity index (χ3v) is 2.50. The Morgan fingerprint density at radius 2 is 2.06 bits per heavy atom. The molecule has 0 unspecified atom stereocenters. The summed E-state index contributed by atoms with van der Waals surface area (Å²) < 4.78 is 2.06. The van der Waals surface area contributed by atoms with Crippen molar-refractivity contribution in [1.29, 1.82) is 0 Å². The van der Waals surface area contributed by atoms with Gasteiger partial charge in [0.1, 0.15) is 12.0 Å². The van der Waals surface area contributed by atoms with Gasteiger partial charge in [-0.15, -0.1) is 12.4 Å². The third-order valence-electron chi connectivity index (χ3n) is 2.50. The molecule has 6 heteroatoms. The summed E-state index contributed by atoms with van der Waals surface area (Å²) in [5.74, 6) is 1.74. The number of hydrogen-bond acceptors (Lipinski definition) is 4. The zero-order valence-corrected chi connectivity index (χ0v) is 11.0. The number of unbranched alkanes of at least 4 members (excludes halogenated alkanes) is 1. The van der Waals surface area contributed by atoms with Crippen molar-refractivity contribution in [3.63, 3.8) is 0 Å². The predicted molar refractivity (Wildman–Crippen MR) is 70.8 cm³/mol. The highest BCUT2D eigenvalue weighted by molar-refractivity contribution is 5.85. The number of anilines is 1. The van der Waals surface area contributed by atoms with E-state index in [0.29, 0.717) is 0 Å². The molecule has 5 nitrogen and oxygen atoms in total. The maximum Gasteiger partial charge on any atom is 0.165 e. The van der Waals surface area contributed by atoms with Crippen LogP contribution < -0.4 is 5.32 Å². The summed E-state index contributed by atoms with van der Waals surface area (Å²) >= 11 is 0. The van der Waals surface area contributed by atoms with Crippen molar-refractivity contribution in [2.45, 2.75) is 33.2 Å². The van der Waals surface area contributed by atoms with Crippen molar-refractivity contribution < 1.29 is 0 Å². The summed E-state index contributed by atoms with van der Waals surface area (Å²) in [6, 6.07) is 0. The minimum atomic E-state index is 0. The molecule has 0 radical (unpaired) electrons. The lowest BCUT2D eigenvalue weighted by molar-refractivity contribution is 0.618. The van der Waals surface area contributed by atoms with Crippen LogP contribution in [0.25, 0.3) is 11.5 Å². The molecular weight excluding hydrogens is 238 g/mol. The summed E-state index contributed by atoms with van der Waals surface area (Å²) in [5, 5.41) is 3.19. The first-order valence-corrected chi connectivity index (χ1v) is 5.76. The molecule has 0 atom stereocenters. The molecule has 2 aliphatic rings. The first kappa shape index (κ1) is 13.7. The van der Waals surface area contributed by atoms with Crippen molar-refractivity contribution >= 4 is 18.2 Å². The Bertz CT molecular complexity index is 428. The van der Waals surface area contributed by atoms with Crippen LogP contribution in [0.2, 0.25) is 0 Å². The van der Waals surface area contributed by atoms with E-state index in [1.807, 2.05) is 13.3 Å². The summed E-state index contributed by atoms with van der Waals surface area (Å²) in [6.45, 7) is 6.01. The Morgan fingerprint density at radius 1 is 1.24 bits per heavy atom. The van der Waals surface area contributed by atoms with Crippen LogP contribution in [0.5, 0.6) is 0 Å². The predicted octanol–water partition coefficient (Wildman–Crippen LogP) is 2.43. The van der Waals surface area contributed by atoms with Crippen LogP contribution >= 0.6 is 12.4 Å². The molecule has 0 aromatic rings. The first-order chi connectivity index (χ1) is 7.86. The average Bonchev–Trinajstić information content (AvgIpc) is 2.78. The molecular formula is C11H18ClN5. The van der Waals surface area contributed by atoms with Crippen molar-refractivity contribution in [2.75, 3.05) is 11.9 Å². The van der Waals surface area contributed by atoms with Crippen molar-refractivity contribution in [3.05, 3.63) is 12.7 Å². The summed E-state index contributed by atoms with van der Waals surface area (Å²) in [6.07, 6.45) is 5.73. The molecule has 17 heavy (non-hydrogen) atoms. The molecule has 0 bridgehead atoms. The average molecular weight is 256 g/mol. The van der Waals surface area contributed by atoms with E-state index >= 15 is 0 Å². The second kappa shape index (κ2) is 6.39. The van der Waals surface area contributed by atoms with Crippen LogP contribution in [0, 0.1) is 0 Å². The van der Waals surface area contributed by atoms with Gasteiger partial charge in [0.15, 0.2) is 11.6 Å². The van der Waals surface area contributed by atoms with Crippen molar-refractivity contribution in [2.24, 2.45) is 0 Å². The third kappa shape index (κ3) is 2.85. The zero-order chi connectivity index (χ0) is 11.4. The molecule has 1 N–H and O–H groups in total. The number of fused-ring (bicyclic) bond motifs is 1. The number of rotatable bonds is 5. The summed E-state index contributed by atoms with van der Waals surface area (Å²) in [7, 11) is 0. The van der Waals surface area contributed by atoms with E-state index in [1.54, 1.807) is 6.33 Å². The summed E-state index contributed by atoms with van der Waals surface area (Å²) in [4.78, 5) is 12.9. The van der Waals surface area contributed by atoms with Gasteiger partial charge in [0.05, 0.1) is 6.33 Å². The number of aryl methyl sites for hydroxylation is 1. The van der Waals surface area contributed by atoms with E-state index in [4.69, 9.17) is 0 Å². The molecule has 0 aliphatic carbocycles. The lowest BCUT2D eigenvalue weighted by Crippen LogP contribution is -2.10. The highest BCUT2D eigenvalue weighted by Gasteiger charge is 2.15. The van der Waals surface area contributed by atoms with E-state index in [2.05, 4.69) is 31.8 Å². The van der Waals surface area contributed by atoms with Crippen LogP contribution in [0.1, 0.15) is 26.7 Å². The van der Waals surface area contributed by atoms with Gasteiger partial charge in [0.2, 0.25) is 0 Å². The van der Waals surface area contributed by atoms with Gasteiger partial charge in [-0.1, -0.05) is 13.3 Å². The molecule has 0 aromatic carbocycles. The molecule has 0 fully saturated rings. The molecule has 2 rings (SSSR count). The van der Waals surface area contributed by atoms with Crippen LogP contribution in [0.4, 0.5) is 5.82 Å². The largest absolute Gasteiger partial charge is 0.368 e. The van der Waals surface area contributed by atoms with Crippen LogP contribution in [-0.2, 0) is 6.54 Å². The first-order valence-electron chi connectivity index (χ1n) is 5.76. The van der Waals surface area contributed by atoms with E-state index in [9.17, 15) is 0 Å². The van der Waals surface area contributed by atoms with Gasteiger partial charge < -0.3 is 9.88 Å². The maximum atomic E-state index is 4.37. The maximum absolute atomic E-state index is 4.37. The Morgan fingerprint density at radius 3 is 2.76 bits per heavy atom. The van der Waals surface area contributed by atoms with E-state index in [1.165, 1.54) is 0 Å². The molecule has 0 spiro atoms. The Kier molecular flexibility index (Phi) is 5.15. The Hall–Kier alpha value is -1.36. The van der Waals surface area contributed by atoms with Gasteiger partial charge in [0.25, 0.3) is 0 Å². The van der Waals surface area contributed by atoms with Crippen LogP contribution in [-0.4, -0.2) is 26.1 Å². The van der Waals surface area contributed by atoms with Crippen molar-refractivity contribution in [3.8, 4) is 11.5 Å². The zero-order valence-electron chi connectivity index (χ0n) is 10.2. The second-order valence-electron chi connectivity index (χ2n) is 3.72. The number of imidazole rings is 1. The quantitative estimate of drug-likeness (QED) is 0.892. The summed E-state index contributed by atoms with van der Waals surface area (Å²) in [5.41, 5.74) is 0.862. The molecule has 2 heterocycles. The van der Waals surface area contributed by atoms with Crippen LogP contribution in [0.15, 0.2) is 12.7 Å². The minimum absolute atomic E-state index is 0. The fraction of sp³-hybridized carbons (Fsp3) is 0.545. The minimum Gasteiger partial charge on any atom is -0.368 e. The van der Waals surface area contributed by atoms with Gasteiger partial charge in [-0.25, -0.2) is 15.0 Å². The molecule has 0 saturated carbocycles. The Labute approximate surface area is 107 Å². The molecule has 94 valence electrons. The fourth-order valence-corrected chi connectivity index (χ4v) is 1.67. The number of aromatic nitrogens is 4. The van der Waals surface area contributed by atoms with E-state index in [-0.39, 0.29) is 12.4 Å². The Balaban J connectivity index is 0.00000144. The number of hydrogen-bond donors (Lipinski definition) is 1. The van der Waals surface area contributed by atoms with Gasteiger partial charge in [-0.2, -0.15) is 0 Å². The van der Waals surface area contributed by atoms with Gasteiger partial charge in [-0.05, 0) is 13.3 Å². The molecule has 0 amide bonds. The second-order valence-corrected chi connectivity index (χ2v) is 3.72. The normalized spacial score (nSPS) is 10.2. The highest BCUT2D eigenvalue weighted by Crippen LogP contribution is 2.23. The van der Waals surface area contributed by atoms with Crippen molar-refractivity contribution in [1.82, 2.24) is 19.5 Å². The van der Waals surface area contributed by atoms with Crippen LogP contribution in [0.3, 0.4) is 0 Å². The fourth-order valence-electron chi connectivity index (χ4n) is 1.67. The highest BCUT2D eigenvalue weighted by atomic mass is 35.5. The lowest BCUT2D eigenvalue weighted by atomic mass is 10.3. The smallest absolute Gasteiger partial charge is 0.165 e. The van der Waals surface area contributed by atoms with Gasteiger partial charge in [-0.3, -0.25) is 0 Å². The molecule has 0 aromatic heterocycles. The van der Waals surface area contributed by atoms with Gasteiger partial charge in [0, 0.05) is 13.1 Å². The monoisotopic (exact) mass is 255 g/mol. The van der Waals surface area contributed by atoms with E-state index < -0.39 is 0 Å². The number of halogens is 1. The standard InChI is InChI=1S/C11H17N5.ClH/c1-3-5-6-16-8-15-10(12-4-2)9-11(16)14-7-13-9;/h7-8,12H,3-6H2,1-2H3;1H. The molecule has 2 aliphatic heterocycles. The number of nitrogens with zero attached hydrogens (tertiary/aromatic N) is 4. The SMILES string of the molecule is CCCCn1cnc(NCC)c2ncnc1-2.Cl. The van der Waals surface area contributed by atoms with Gasteiger partial charge >= 0.3 is 0 Å². The topological polar surface area (TPSA) is 55.6 Å². The number of nitrogens with one attached hydrogen (secondary N) is 1. The van der Waals surface area contributed by atoms with E-state index in [0.717, 1.165) is 43.3 Å².